The highest BCUT2D eigenvalue weighted by atomic mass is 79.9. The average molecular weight is 286 g/mol. The molecule has 0 atom stereocenters. The zero-order valence-electron chi connectivity index (χ0n) is 9.84. The Morgan fingerprint density at radius 3 is 2.94 bits per heavy atom. The SMILES string of the molecule is CCCCOCCNCc1cccc(Br)c1. The van der Waals surface area contributed by atoms with Crippen LogP contribution in [0.5, 0.6) is 0 Å². The first-order valence-corrected chi connectivity index (χ1v) is 6.65. The Morgan fingerprint density at radius 2 is 2.19 bits per heavy atom. The van der Waals surface area contributed by atoms with Crippen molar-refractivity contribution in [3.05, 3.63) is 34.3 Å². The lowest BCUT2D eigenvalue weighted by Gasteiger charge is -2.06. The maximum atomic E-state index is 5.46. The van der Waals surface area contributed by atoms with Crippen LogP contribution in [0.2, 0.25) is 0 Å². The molecule has 0 saturated heterocycles. The van der Waals surface area contributed by atoms with Crippen LogP contribution < -0.4 is 5.32 Å². The summed E-state index contributed by atoms with van der Waals surface area (Å²) in [5.41, 5.74) is 1.29. The molecular weight excluding hydrogens is 266 g/mol. The van der Waals surface area contributed by atoms with Crippen LogP contribution in [0.25, 0.3) is 0 Å². The highest BCUT2D eigenvalue weighted by molar-refractivity contribution is 9.10. The molecule has 0 bridgehead atoms. The number of hydrogen-bond donors (Lipinski definition) is 1. The van der Waals surface area contributed by atoms with Crippen molar-refractivity contribution in [3.8, 4) is 0 Å². The minimum atomic E-state index is 0.800. The smallest absolute Gasteiger partial charge is 0.0591 e. The summed E-state index contributed by atoms with van der Waals surface area (Å²) < 4.78 is 6.59. The predicted molar refractivity (Wildman–Crippen MR) is 71.6 cm³/mol. The number of rotatable bonds is 8. The van der Waals surface area contributed by atoms with Gasteiger partial charge in [0.15, 0.2) is 0 Å². The van der Waals surface area contributed by atoms with E-state index in [4.69, 9.17) is 4.74 Å². The third kappa shape index (κ3) is 6.26. The van der Waals surface area contributed by atoms with E-state index >= 15 is 0 Å². The molecule has 1 aromatic carbocycles. The lowest BCUT2D eigenvalue weighted by atomic mass is 10.2. The minimum absolute atomic E-state index is 0.800. The second-order valence-corrected chi connectivity index (χ2v) is 4.69. The van der Waals surface area contributed by atoms with E-state index < -0.39 is 0 Å². The zero-order chi connectivity index (χ0) is 11.6. The van der Waals surface area contributed by atoms with Gasteiger partial charge in [0.25, 0.3) is 0 Å². The highest BCUT2D eigenvalue weighted by Gasteiger charge is 1.93. The minimum Gasteiger partial charge on any atom is -0.380 e. The summed E-state index contributed by atoms with van der Waals surface area (Å²) in [6, 6.07) is 8.34. The molecule has 0 unspecified atom stereocenters. The molecule has 0 aliphatic rings. The van der Waals surface area contributed by atoms with Crippen LogP contribution in [0.3, 0.4) is 0 Å². The fourth-order valence-corrected chi connectivity index (χ4v) is 1.82. The van der Waals surface area contributed by atoms with Gasteiger partial charge in [-0.2, -0.15) is 0 Å². The first kappa shape index (κ1) is 13.7. The molecule has 1 rings (SSSR count). The van der Waals surface area contributed by atoms with Crippen molar-refractivity contribution >= 4 is 15.9 Å². The predicted octanol–water partition coefficient (Wildman–Crippen LogP) is 3.36. The van der Waals surface area contributed by atoms with Gasteiger partial charge in [-0.3, -0.25) is 0 Å². The van der Waals surface area contributed by atoms with Gasteiger partial charge in [0, 0.05) is 24.2 Å². The molecule has 0 amide bonds. The molecule has 1 N–H and O–H groups in total. The molecule has 0 fully saturated rings. The fourth-order valence-electron chi connectivity index (χ4n) is 1.37. The molecular formula is C13H20BrNO. The van der Waals surface area contributed by atoms with Crippen LogP contribution in [0.1, 0.15) is 25.3 Å². The number of nitrogens with one attached hydrogen (secondary N) is 1. The molecule has 1 aromatic rings. The normalized spacial score (nSPS) is 10.6. The van der Waals surface area contributed by atoms with Crippen molar-refractivity contribution in [1.29, 1.82) is 0 Å². The fraction of sp³-hybridized carbons (Fsp3) is 0.538. The quantitative estimate of drug-likeness (QED) is 0.740. The van der Waals surface area contributed by atoms with E-state index in [0.29, 0.717) is 0 Å². The molecule has 90 valence electrons. The van der Waals surface area contributed by atoms with E-state index in [2.05, 4.69) is 46.4 Å². The lowest BCUT2D eigenvalue weighted by Crippen LogP contribution is -2.19. The molecule has 3 heteroatoms. The summed E-state index contributed by atoms with van der Waals surface area (Å²) in [5, 5.41) is 3.36. The molecule has 2 nitrogen and oxygen atoms in total. The maximum absolute atomic E-state index is 5.46. The Balaban J connectivity index is 2.03. The number of benzene rings is 1. The summed E-state index contributed by atoms with van der Waals surface area (Å²) in [5.74, 6) is 0. The van der Waals surface area contributed by atoms with Crippen molar-refractivity contribution in [2.45, 2.75) is 26.3 Å². The van der Waals surface area contributed by atoms with Crippen LogP contribution in [0.15, 0.2) is 28.7 Å². The summed E-state index contributed by atoms with van der Waals surface area (Å²) >= 11 is 3.46. The van der Waals surface area contributed by atoms with Crippen LogP contribution in [0, 0.1) is 0 Å². The monoisotopic (exact) mass is 285 g/mol. The molecule has 0 aliphatic heterocycles. The standard InChI is InChI=1S/C13H20BrNO/c1-2-3-8-16-9-7-15-11-12-5-4-6-13(14)10-12/h4-6,10,15H,2-3,7-9,11H2,1H3. The van der Waals surface area contributed by atoms with Gasteiger partial charge < -0.3 is 10.1 Å². The highest BCUT2D eigenvalue weighted by Crippen LogP contribution is 2.11. The Hall–Kier alpha value is -0.380. The average Bonchev–Trinajstić information content (AvgIpc) is 2.28. The summed E-state index contributed by atoms with van der Waals surface area (Å²) in [4.78, 5) is 0. The van der Waals surface area contributed by atoms with Gasteiger partial charge in [0.1, 0.15) is 0 Å². The van der Waals surface area contributed by atoms with Gasteiger partial charge in [-0.15, -0.1) is 0 Å². The summed E-state index contributed by atoms with van der Waals surface area (Å²) in [7, 11) is 0. The largest absolute Gasteiger partial charge is 0.380 e. The Morgan fingerprint density at radius 1 is 1.31 bits per heavy atom. The molecule has 0 radical (unpaired) electrons. The van der Waals surface area contributed by atoms with E-state index in [9.17, 15) is 0 Å². The second-order valence-electron chi connectivity index (χ2n) is 3.77. The van der Waals surface area contributed by atoms with Crippen molar-refractivity contribution in [1.82, 2.24) is 5.32 Å². The van der Waals surface area contributed by atoms with Crippen molar-refractivity contribution in [2.24, 2.45) is 0 Å². The number of hydrogen-bond acceptors (Lipinski definition) is 2. The second kappa shape index (κ2) is 8.74. The molecule has 0 spiro atoms. The van der Waals surface area contributed by atoms with Gasteiger partial charge >= 0.3 is 0 Å². The molecule has 16 heavy (non-hydrogen) atoms. The number of unbranched alkanes of at least 4 members (excludes halogenated alkanes) is 1. The Bertz CT molecular complexity index is 291. The van der Waals surface area contributed by atoms with E-state index in [1.165, 1.54) is 12.0 Å². The van der Waals surface area contributed by atoms with Crippen molar-refractivity contribution in [3.63, 3.8) is 0 Å². The lowest BCUT2D eigenvalue weighted by molar-refractivity contribution is 0.133. The first-order chi connectivity index (χ1) is 7.83. The first-order valence-electron chi connectivity index (χ1n) is 5.86. The van der Waals surface area contributed by atoms with Crippen molar-refractivity contribution in [2.75, 3.05) is 19.8 Å². The van der Waals surface area contributed by atoms with E-state index in [1.807, 2.05) is 6.07 Å². The van der Waals surface area contributed by atoms with Gasteiger partial charge in [-0.1, -0.05) is 41.4 Å². The van der Waals surface area contributed by atoms with Gasteiger partial charge in [-0.25, -0.2) is 0 Å². The van der Waals surface area contributed by atoms with Gasteiger partial charge in [0.05, 0.1) is 6.61 Å². The van der Waals surface area contributed by atoms with Gasteiger partial charge in [-0.05, 0) is 24.1 Å². The van der Waals surface area contributed by atoms with Crippen LogP contribution in [-0.2, 0) is 11.3 Å². The Kier molecular flexibility index (Phi) is 7.47. The third-order valence-electron chi connectivity index (χ3n) is 2.28. The van der Waals surface area contributed by atoms with E-state index in [1.54, 1.807) is 0 Å². The molecule has 0 heterocycles. The zero-order valence-corrected chi connectivity index (χ0v) is 11.4. The van der Waals surface area contributed by atoms with Crippen LogP contribution in [-0.4, -0.2) is 19.8 Å². The molecule has 0 aliphatic carbocycles. The van der Waals surface area contributed by atoms with Crippen LogP contribution >= 0.6 is 15.9 Å². The Labute approximate surface area is 107 Å². The third-order valence-corrected chi connectivity index (χ3v) is 2.78. The topological polar surface area (TPSA) is 21.3 Å². The molecule has 0 aromatic heterocycles. The maximum Gasteiger partial charge on any atom is 0.0591 e. The van der Waals surface area contributed by atoms with Crippen LogP contribution in [0.4, 0.5) is 0 Å². The molecule has 0 saturated carbocycles. The number of ether oxygens (including phenoxy) is 1. The van der Waals surface area contributed by atoms with Gasteiger partial charge in [0.2, 0.25) is 0 Å². The summed E-state index contributed by atoms with van der Waals surface area (Å²) in [6.45, 7) is 5.67. The van der Waals surface area contributed by atoms with Crippen molar-refractivity contribution < 1.29 is 4.74 Å². The van der Waals surface area contributed by atoms with E-state index in [0.717, 1.165) is 37.2 Å². The van der Waals surface area contributed by atoms with E-state index in [-0.39, 0.29) is 0 Å². The number of halogens is 1. The summed E-state index contributed by atoms with van der Waals surface area (Å²) in [6.07, 6.45) is 2.36.